The zero-order valence-corrected chi connectivity index (χ0v) is 12.2. The van der Waals surface area contributed by atoms with Crippen molar-refractivity contribution in [2.75, 3.05) is 0 Å². The van der Waals surface area contributed by atoms with Gasteiger partial charge in [0.05, 0.1) is 0 Å². The number of nitrogens with two attached hydrogens (primary N) is 1. The van der Waals surface area contributed by atoms with Gasteiger partial charge in [-0.05, 0) is 47.1 Å². The molecule has 3 N–H and O–H groups in total. The van der Waals surface area contributed by atoms with Crippen molar-refractivity contribution in [3.05, 3.63) is 52.1 Å². The molecule has 0 amide bonds. The highest BCUT2D eigenvalue weighted by Crippen LogP contribution is 2.33. The minimum absolute atomic E-state index is 0.0389. The Balaban J connectivity index is 2.42. The van der Waals surface area contributed by atoms with Crippen LogP contribution in [-0.2, 0) is 0 Å². The van der Waals surface area contributed by atoms with Crippen molar-refractivity contribution in [2.24, 2.45) is 5.73 Å². The molecule has 5 heteroatoms. The summed E-state index contributed by atoms with van der Waals surface area (Å²) in [6, 6.07) is 11.6. The van der Waals surface area contributed by atoms with E-state index in [1.54, 1.807) is 0 Å². The molecule has 0 saturated heterocycles. The standard InChI is InChI=1S/C13H12BrN3S/c1-8-6-7-9(12(15)16)13(17-8)18-11-5-3-2-4-10(11)14/h2-7H,1H3,(H3,15,16). The molecule has 0 aliphatic rings. The van der Waals surface area contributed by atoms with Gasteiger partial charge in [0.2, 0.25) is 0 Å². The summed E-state index contributed by atoms with van der Waals surface area (Å²) < 4.78 is 1.01. The fraction of sp³-hybridized carbons (Fsp3) is 0.0769. The molecule has 1 heterocycles. The lowest BCUT2D eigenvalue weighted by molar-refractivity contribution is 1.05. The lowest BCUT2D eigenvalue weighted by Crippen LogP contribution is -2.13. The van der Waals surface area contributed by atoms with Gasteiger partial charge < -0.3 is 5.73 Å². The first kappa shape index (κ1) is 13.1. The number of pyridine rings is 1. The van der Waals surface area contributed by atoms with E-state index in [0.717, 1.165) is 20.1 Å². The highest BCUT2D eigenvalue weighted by Gasteiger charge is 2.10. The molecule has 0 atom stereocenters. The largest absolute Gasteiger partial charge is 0.384 e. The average molecular weight is 322 g/mol. The molecule has 1 aromatic carbocycles. The summed E-state index contributed by atoms with van der Waals surface area (Å²) in [6.07, 6.45) is 0. The number of aromatic nitrogens is 1. The maximum atomic E-state index is 7.58. The number of nitrogen functional groups attached to an aromatic ring is 1. The Kier molecular flexibility index (Phi) is 4.04. The van der Waals surface area contributed by atoms with Gasteiger partial charge >= 0.3 is 0 Å². The van der Waals surface area contributed by atoms with E-state index < -0.39 is 0 Å². The molecular weight excluding hydrogens is 310 g/mol. The summed E-state index contributed by atoms with van der Waals surface area (Å²) in [6.45, 7) is 1.92. The third kappa shape index (κ3) is 2.91. The van der Waals surface area contributed by atoms with Gasteiger partial charge in [-0.15, -0.1) is 0 Å². The van der Waals surface area contributed by atoms with Crippen LogP contribution in [0.15, 0.2) is 50.8 Å². The topological polar surface area (TPSA) is 62.8 Å². The Morgan fingerprint density at radius 3 is 2.67 bits per heavy atom. The maximum Gasteiger partial charge on any atom is 0.125 e. The Hall–Kier alpha value is -1.33. The van der Waals surface area contributed by atoms with E-state index in [1.165, 1.54) is 11.8 Å². The van der Waals surface area contributed by atoms with Crippen LogP contribution in [0.1, 0.15) is 11.3 Å². The van der Waals surface area contributed by atoms with Crippen LogP contribution in [0.5, 0.6) is 0 Å². The van der Waals surface area contributed by atoms with Crippen molar-refractivity contribution in [1.29, 1.82) is 5.41 Å². The monoisotopic (exact) mass is 321 g/mol. The van der Waals surface area contributed by atoms with Gasteiger partial charge in [-0.25, -0.2) is 4.98 Å². The number of benzene rings is 1. The normalized spacial score (nSPS) is 10.3. The second-order valence-electron chi connectivity index (χ2n) is 3.75. The molecule has 0 bridgehead atoms. The lowest BCUT2D eigenvalue weighted by atomic mass is 10.2. The van der Waals surface area contributed by atoms with Gasteiger partial charge in [0.25, 0.3) is 0 Å². The van der Waals surface area contributed by atoms with Gasteiger partial charge in [-0.2, -0.15) is 0 Å². The smallest absolute Gasteiger partial charge is 0.125 e. The highest BCUT2D eigenvalue weighted by atomic mass is 79.9. The zero-order chi connectivity index (χ0) is 13.1. The molecule has 0 radical (unpaired) electrons. The van der Waals surface area contributed by atoms with Gasteiger partial charge in [-0.1, -0.05) is 23.9 Å². The third-order valence-corrected chi connectivity index (χ3v) is 4.37. The molecule has 92 valence electrons. The number of amidine groups is 1. The summed E-state index contributed by atoms with van der Waals surface area (Å²) in [5, 5.41) is 8.34. The second-order valence-corrected chi connectivity index (χ2v) is 5.64. The molecule has 2 rings (SSSR count). The van der Waals surface area contributed by atoms with Gasteiger partial charge in [-0.3, -0.25) is 5.41 Å². The predicted molar refractivity (Wildman–Crippen MR) is 78.3 cm³/mol. The molecule has 1 aromatic heterocycles. The van der Waals surface area contributed by atoms with Crippen LogP contribution in [-0.4, -0.2) is 10.8 Å². The van der Waals surface area contributed by atoms with Crippen LogP contribution in [0.25, 0.3) is 0 Å². The minimum atomic E-state index is 0.0389. The molecule has 0 fully saturated rings. The van der Waals surface area contributed by atoms with E-state index >= 15 is 0 Å². The van der Waals surface area contributed by atoms with E-state index in [4.69, 9.17) is 11.1 Å². The molecule has 2 aromatic rings. The summed E-state index contributed by atoms with van der Waals surface area (Å²) in [5.41, 5.74) is 7.15. The number of halogens is 1. The molecule has 0 aliphatic heterocycles. The van der Waals surface area contributed by atoms with E-state index in [-0.39, 0.29) is 5.84 Å². The summed E-state index contributed by atoms with van der Waals surface area (Å²) in [7, 11) is 0. The van der Waals surface area contributed by atoms with E-state index in [2.05, 4.69) is 20.9 Å². The zero-order valence-electron chi connectivity index (χ0n) is 9.77. The van der Waals surface area contributed by atoms with Crippen LogP contribution in [0.4, 0.5) is 0 Å². The third-order valence-electron chi connectivity index (χ3n) is 2.33. The molecule has 0 spiro atoms. The predicted octanol–water partition coefficient (Wildman–Crippen LogP) is 3.59. The number of hydrogen-bond acceptors (Lipinski definition) is 3. The fourth-order valence-corrected chi connectivity index (χ4v) is 2.97. The summed E-state index contributed by atoms with van der Waals surface area (Å²) in [4.78, 5) is 5.51. The van der Waals surface area contributed by atoms with E-state index in [9.17, 15) is 0 Å². The van der Waals surface area contributed by atoms with Crippen molar-refractivity contribution in [2.45, 2.75) is 16.8 Å². The van der Waals surface area contributed by atoms with E-state index in [1.807, 2.05) is 43.3 Å². The molecule has 0 aliphatic carbocycles. The Morgan fingerprint density at radius 2 is 2.00 bits per heavy atom. The fourth-order valence-electron chi connectivity index (χ4n) is 1.45. The first-order valence-corrected chi connectivity index (χ1v) is 6.93. The van der Waals surface area contributed by atoms with Crippen LogP contribution in [0.2, 0.25) is 0 Å². The number of nitrogens with one attached hydrogen (secondary N) is 1. The van der Waals surface area contributed by atoms with Crippen molar-refractivity contribution in [3.63, 3.8) is 0 Å². The summed E-state index contributed by atoms with van der Waals surface area (Å²) in [5.74, 6) is 0.0389. The molecule has 0 saturated carbocycles. The van der Waals surface area contributed by atoms with Crippen LogP contribution in [0, 0.1) is 12.3 Å². The van der Waals surface area contributed by atoms with Crippen molar-refractivity contribution in [1.82, 2.24) is 4.98 Å². The minimum Gasteiger partial charge on any atom is -0.384 e. The van der Waals surface area contributed by atoms with Gasteiger partial charge in [0.15, 0.2) is 0 Å². The molecular formula is C13H12BrN3S. The lowest BCUT2D eigenvalue weighted by Gasteiger charge is -2.09. The average Bonchev–Trinajstić information content (AvgIpc) is 2.32. The number of rotatable bonds is 3. The van der Waals surface area contributed by atoms with Crippen molar-refractivity contribution < 1.29 is 0 Å². The second kappa shape index (κ2) is 5.54. The Bertz CT molecular complexity index is 599. The van der Waals surface area contributed by atoms with Crippen LogP contribution >= 0.6 is 27.7 Å². The molecule has 3 nitrogen and oxygen atoms in total. The first-order valence-electron chi connectivity index (χ1n) is 5.32. The number of hydrogen-bond donors (Lipinski definition) is 2. The van der Waals surface area contributed by atoms with Crippen molar-refractivity contribution >= 4 is 33.5 Å². The Morgan fingerprint density at radius 1 is 1.28 bits per heavy atom. The van der Waals surface area contributed by atoms with Gasteiger partial charge in [0.1, 0.15) is 10.9 Å². The maximum absolute atomic E-state index is 7.58. The number of aryl methyl sites for hydroxylation is 1. The summed E-state index contributed by atoms with van der Waals surface area (Å²) >= 11 is 5.00. The highest BCUT2D eigenvalue weighted by molar-refractivity contribution is 9.10. The quantitative estimate of drug-likeness (QED) is 0.670. The van der Waals surface area contributed by atoms with Crippen molar-refractivity contribution in [3.8, 4) is 0 Å². The van der Waals surface area contributed by atoms with E-state index in [0.29, 0.717) is 5.56 Å². The molecule has 18 heavy (non-hydrogen) atoms. The first-order chi connectivity index (χ1) is 8.58. The Labute approximate surface area is 118 Å². The molecule has 0 unspecified atom stereocenters. The van der Waals surface area contributed by atoms with Gasteiger partial charge in [0, 0.05) is 20.6 Å². The van der Waals surface area contributed by atoms with Crippen LogP contribution in [0.3, 0.4) is 0 Å². The van der Waals surface area contributed by atoms with Crippen LogP contribution < -0.4 is 5.73 Å². The number of nitrogens with zero attached hydrogens (tertiary/aromatic N) is 1. The SMILES string of the molecule is Cc1ccc(C(=N)N)c(Sc2ccccc2Br)n1.